The minimum Gasteiger partial charge on any atom is -0.382 e. The molecule has 0 aliphatic carbocycles. The highest BCUT2D eigenvalue weighted by Gasteiger charge is 2.41. The number of aliphatic hydroxyl groups is 4. The van der Waals surface area contributed by atoms with Gasteiger partial charge in [0.15, 0.2) is 0 Å². The third-order valence-electron chi connectivity index (χ3n) is 1.41. The maximum Gasteiger partial charge on any atom is 0.305 e. The second-order valence-electron chi connectivity index (χ2n) is 2.26. The third-order valence-corrected chi connectivity index (χ3v) is 1.41. The summed E-state index contributed by atoms with van der Waals surface area (Å²) in [5.41, 5.74) is -1.85. The molecule has 0 aromatic heterocycles. The lowest BCUT2D eigenvalue weighted by molar-refractivity contribution is -0.387. The van der Waals surface area contributed by atoms with Gasteiger partial charge in [-0.15, -0.1) is 0 Å². The third kappa shape index (κ3) is 1.91. The zero-order valence-electron chi connectivity index (χ0n) is 5.50. The zero-order valence-corrected chi connectivity index (χ0v) is 5.50. The van der Waals surface area contributed by atoms with Crippen LogP contribution in [0.25, 0.3) is 0 Å². The van der Waals surface area contributed by atoms with Crippen LogP contribution < -0.4 is 0 Å². The van der Waals surface area contributed by atoms with Crippen molar-refractivity contribution in [2.75, 3.05) is 0 Å². The standard InChI is InChI=1S/C5H12O4/c1-3-4(2,6)5(7,8)9/h6-9H,3H2,1-2H3. The molecule has 0 aromatic carbocycles. The fourth-order valence-corrected chi connectivity index (χ4v) is 0.237. The highest BCUT2D eigenvalue weighted by Crippen LogP contribution is 2.19. The van der Waals surface area contributed by atoms with Crippen molar-refractivity contribution < 1.29 is 20.4 Å². The smallest absolute Gasteiger partial charge is 0.305 e. The summed E-state index contributed by atoms with van der Waals surface area (Å²) in [5.74, 6) is -3.00. The van der Waals surface area contributed by atoms with E-state index in [9.17, 15) is 0 Å². The molecule has 0 spiro atoms. The first kappa shape index (κ1) is 8.84. The lowest BCUT2D eigenvalue weighted by Gasteiger charge is -2.30. The van der Waals surface area contributed by atoms with E-state index in [1.165, 1.54) is 6.92 Å². The summed E-state index contributed by atoms with van der Waals surface area (Å²) < 4.78 is 0. The Morgan fingerprint density at radius 1 is 1.11 bits per heavy atom. The van der Waals surface area contributed by atoms with Gasteiger partial charge in [-0.2, -0.15) is 0 Å². The van der Waals surface area contributed by atoms with Crippen LogP contribution in [-0.4, -0.2) is 32.0 Å². The van der Waals surface area contributed by atoms with Crippen LogP contribution in [0.3, 0.4) is 0 Å². The molecule has 1 unspecified atom stereocenters. The van der Waals surface area contributed by atoms with Crippen molar-refractivity contribution in [1.82, 2.24) is 0 Å². The Kier molecular flexibility index (Phi) is 2.19. The molecule has 0 heterocycles. The summed E-state index contributed by atoms with van der Waals surface area (Å²) in [6.45, 7) is 2.66. The van der Waals surface area contributed by atoms with Crippen molar-refractivity contribution in [3.63, 3.8) is 0 Å². The average Bonchev–Trinajstić information content (AvgIpc) is 1.64. The molecule has 0 aliphatic heterocycles. The Hall–Kier alpha value is -0.160. The number of hydrogen-bond donors (Lipinski definition) is 4. The number of hydrogen-bond acceptors (Lipinski definition) is 4. The zero-order chi connectivity index (χ0) is 7.71. The maximum atomic E-state index is 8.91. The van der Waals surface area contributed by atoms with Gasteiger partial charge in [-0.3, -0.25) is 0 Å². The Labute approximate surface area is 53.4 Å². The molecule has 56 valence electrons. The highest BCUT2D eigenvalue weighted by atomic mass is 16.7. The van der Waals surface area contributed by atoms with E-state index in [-0.39, 0.29) is 6.42 Å². The molecular formula is C5H12O4. The first-order valence-electron chi connectivity index (χ1n) is 2.71. The Morgan fingerprint density at radius 2 is 1.44 bits per heavy atom. The van der Waals surface area contributed by atoms with Gasteiger partial charge in [0.05, 0.1) is 0 Å². The van der Waals surface area contributed by atoms with E-state index >= 15 is 0 Å². The predicted octanol–water partition coefficient (Wildman–Crippen LogP) is -1.22. The van der Waals surface area contributed by atoms with E-state index in [4.69, 9.17) is 20.4 Å². The predicted molar refractivity (Wildman–Crippen MR) is 30.3 cm³/mol. The van der Waals surface area contributed by atoms with Gasteiger partial charge in [0.2, 0.25) is 0 Å². The van der Waals surface area contributed by atoms with Gasteiger partial charge in [0, 0.05) is 0 Å². The molecule has 9 heavy (non-hydrogen) atoms. The van der Waals surface area contributed by atoms with Gasteiger partial charge < -0.3 is 20.4 Å². The van der Waals surface area contributed by atoms with Gasteiger partial charge in [0.1, 0.15) is 5.60 Å². The Balaban J connectivity index is 4.14. The Bertz CT molecular complexity index is 91.6. The van der Waals surface area contributed by atoms with Crippen LogP contribution in [0.2, 0.25) is 0 Å². The fraction of sp³-hybridized carbons (Fsp3) is 1.00. The maximum absolute atomic E-state index is 8.91. The summed E-state index contributed by atoms with van der Waals surface area (Å²) in [6, 6.07) is 0. The molecule has 0 amide bonds. The normalized spacial score (nSPS) is 19.3. The van der Waals surface area contributed by atoms with Crippen molar-refractivity contribution in [3.8, 4) is 0 Å². The SMILES string of the molecule is CCC(C)(O)C(O)(O)O. The molecule has 0 saturated carbocycles. The average molecular weight is 136 g/mol. The summed E-state index contributed by atoms with van der Waals surface area (Å²) >= 11 is 0. The second kappa shape index (κ2) is 2.22. The van der Waals surface area contributed by atoms with Crippen LogP contribution in [0, 0.1) is 0 Å². The first-order chi connectivity index (χ1) is 3.81. The second-order valence-corrected chi connectivity index (χ2v) is 2.26. The van der Waals surface area contributed by atoms with Crippen molar-refractivity contribution in [3.05, 3.63) is 0 Å². The minimum absolute atomic E-state index is 0.0660. The van der Waals surface area contributed by atoms with Crippen molar-refractivity contribution >= 4 is 0 Å². The molecule has 0 fully saturated rings. The highest BCUT2D eigenvalue weighted by molar-refractivity contribution is 4.77. The molecule has 1 atom stereocenters. The summed E-state index contributed by atoms with van der Waals surface area (Å²) in [7, 11) is 0. The van der Waals surface area contributed by atoms with Crippen LogP contribution in [0.1, 0.15) is 20.3 Å². The molecular weight excluding hydrogens is 124 g/mol. The molecule has 0 saturated heterocycles. The quantitative estimate of drug-likeness (QED) is 0.359. The molecule has 0 bridgehead atoms. The topological polar surface area (TPSA) is 80.9 Å². The number of rotatable bonds is 2. The van der Waals surface area contributed by atoms with E-state index in [1.54, 1.807) is 0 Å². The Morgan fingerprint density at radius 3 is 1.44 bits per heavy atom. The molecule has 0 radical (unpaired) electrons. The van der Waals surface area contributed by atoms with Gasteiger partial charge in [-0.1, -0.05) is 6.92 Å². The fourth-order valence-electron chi connectivity index (χ4n) is 0.237. The van der Waals surface area contributed by atoms with Crippen molar-refractivity contribution in [2.24, 2.45) is 0 Å². The molecule has 4 nitrogen and oxygen atoms in total. The van der Waals surface area contributed by atoms with E-state index in [1.807, 2.05) is 0 Å². The van der Waals surface area contributed by atoms with Crippen LogP contribution in [0.15, 0.2) is 0 Å². The summed E-state index contributed by atoms with van der Waals surface area (Å²) in [5, 5.41) is 34.1. The van der Waals surface area contributed by atoms with Crippen LogP contribution in [0.5, 0.6) is 0 Å². The molecule has 0 aliphatic rings. The lowest BCUT2D eigenvalue weighted by atomic mass is 10.0. The van der Waals surface area contributed by atoms with Crippen LogP contribution >= 0.6 is 0 Å². The van der Waals surface area contributed by atoms with Gasteiger partial charge in [0.25, 0.3) is 0 Å². The first-order valence-corrected chi connectivity index (χ1v) is 2.71. The van der Waals surface area contributed by atoms with E-state index in [0.717, 1.165) is 6.92 Å². The molecule has 0 rings (SSSR count). The van der Waals surface area contributed by atoms with Gasteiger partial charge in [-0.05, 0) is 13.3 Å². The summed E-state index contributed by atoms with van der Waals surface area (Å²) in [6.07, 6.45) is 0.0660. The van der Waals surface area contributed by atoms with Crippen molar-refractivity contribution in [2.45, 2.75) is 31.8 Å². The van der Waals surface area contributed by atoms with E-state index in [2.05, 4.69) is 0 Å². The minimum atomic E-state index is -3.00. The molecule has 4 heteroatoms. The largest absolute Gasteiger partial charge is 0.382 e. The monoisotopic (exact) mass is 136 g/mol. The van der Waals surface area contributed by atoms with Crippen LogP contribution in [0.4, 0.5) is 0 Å². The molecule has 4 N–H and O–H groups in total. The summed E-state index contributed by atoms with van der Waals surface area (Å²) in [4.78, 5) is 0. The van der Waals surface area contributed by atoms with E-state index in [0.29, 0.717) is 0 Å². The van der Waals surface area contributed by atoms with Gasteiger partial charge in [-0.25, -0.2) is 0 Å². The van der Waals surface area contributed by atoms with Crippen LogP contribution in [-0.2, 0) is 0 Å². The van der Waals surface area contributed by atoms with Crippen molar-refractivity contribution in [1.29, 1.82) is 0 Å². The van der Waals surface area contributed by atoms with Gasteiger partial charge >= 0.3 is 5.97 Å². The molecule has 0 aromatic rings. The lowest BCUT2D eigenvalue weighted by Crippen LogP contribution is -2.51. The van der Waals surface area contributed by atoms with E-state index < -0.39 is 11.6 Å².